The van der Waals surface area contributed by atoms with Gasteiger partial charge in [0, 0.05) is 24.2 Å². The third kappa shape index (κ3) is 3.72. The van der Waals surface area contributed by atoms with Crippen LogP contribution in [0, 0.1) is 0 Å². The number of rotatable bonds is 5. The fourth-order valence-corrected chi connectivity index (χ4v) is 2.93. The van der Waals surface area contributed by atoms with Crippen molar-refractivity contribution in [3.05, 3.63) is 66.1 Å². The van der Waals surface area contributed by atoms with Gasteiger partial charge in [-0.25, -0.2) is 4.79 Å². The van der Waals surface area contributed by atoms with Crippen molar-refractivity contribution in [1.29, 1.82) is 0 Å². The maximum Gasteiger partial charge on any atom is 0.338 e. The van der Waals surface area contributed by atoms with Crippen LogP contribution in [0.3, 0.4) is 0 Å². The first-order chi connectivity index (χ1) is 13.2. The van der Waals surface area contributed by atoms with Crippen LogP contribution in [0.5, 0.6) is 0 Å². The molecule has 2 heterocycles. The molecule has 0 N–H and O–H groups in total. The average molecular weight is 363 g/mol. The molecule has 1 aliphatic rings. The molecule has 27 heavy (non-hydrogen) atoms. The number of carbonyl (C=O) groups excluding carboxylic acids is 2. The number of anilines is 1. The second-order valence-corrected chi connectivity index (χ2v) is 6.15. The van der Waals surface area contributed by atoms with E-state index in [1.165, 1.54) is 0 Å². The van der Waals surface area contributed by atoms with Gasteiger partial charge in [-0.3, -0.25) is 4.79 Å². The molecule has 136 valence electrons. The largest absolute Gasteiger partial charge is 0.452 e. The van der Waals surface area contributed by atoms with Gasteiger partial charge in [0.05, 0.1) is 5.56 Å². The number of benzene rings is 2. The lowest BCUT2D eigenvalue weighted by molar-refractivity contribution is -0.117. The molecule has 7 nitrogen and oxygen atoms in total. The van der Waals surface area contributed by atoms with Crippen LogP contribution in [-0.4, -0.2) is 28.6 Å². The summed E-state index contributed by atoms with van der Waals surface area (Å²) in [7, 11) is 0. The van der Waals surface area contributed by atoms with Crippen LogP contribution in [0.4, 0.5) is 5.69 Å². The van der Waals surface area contributed by atoms with Crippen LogP contribution < -0.4 is 4.90 Å². The first kappa shape index (κ1) is 17.0. The summed E-state index contributed by atoms with van der Waals surface area (Å²) >= 11 is 0. The Morgan fingerprint density at radius 1 is 1.11 bits per heavy atom. The minimum absolute atomic E-state index is 0.106. The van der Waals surface area contributed by atoms with Gasteiger partial charge in [0.15, 0.2) is 6.61 Å². The highest BCUT2D eigenvalue weighted by atomic mass is 16.6. The fraction of sp³-hybridized carbons (Fsp3) is 0.200. The van der Waals surface area contributed by atoms with Gasteiger partial charge in [0.25, 0.3) is 5.89 Å². The highest BCUT2D eigenvalue weighted by Crippen LogP contribution is 2.22. The van der Waals surface area contributed by atoms with Gasteiger partial charge in [-0.1, -0.05) is 35.5 Å². The minimum Gasteiger partial charge on any atom is -0.452 e. The molecular weight excluding hydrogens is 346 g/mol. The van der Waals surface area contributed by atoms with Crippen LogP contribution in [-0.2, 0) is 16.1 Å². The second kappa shape index (κ2) is 7.41. The Morgan fingerprint density at radius 2 is 1.89 bits per heavy atom. The number of nitrogens with zero attached hydrogens (tertiary/aromatic N) is 3. The molecule has 0 saturated carbocycles. The molecular formula is C20H17N3O4. The van der Waals surface area contributed by atoms with Crippen LogP contribution in [0.25, 0.3) is 11.4 Å². The summed E-state index contributed by atoms with van der Waals surface area (Å²) in [4.78, 5) is 29.9. The Balaban J connectivity index is 1.37. The summed E-state index contributed by atoms with van der Waals surface area (Å²) in [6, 6.07) is 16.2. The van der Waals surface area contributed by atoms with Gasteiger partial charge in [-0.2, -0.15) is 4.98 Å². The molecule has 1 saturated heterocycles. The Bertz CT molecular complexity index is 951. The Kier molecular flexibility index (Phi) is 4.65. The number of esters is 1. The lowest BCUT2D eigenvalue weighted by Crippen LogP contribution is -2.23. The number of ether oxygens (including phenoxy) is 1. The molecule has 1 aromatic heterocycles. The predicted octanol–water partition coefficient (Wildman–Crippen LogP) is 3.22. The summed E-state index contributed by atoms with van der Waals surface area (Å²) in [5, 5.41) is 3.89. The van der Waals surface area contributed by atoms with Gasteiger partial charge < -0.3 is 14.2 Å². The van der Waals surface area contributed by atoms with Crippen molar-refractivity contribution < 1.29 is 18.8 Å². The Hall–Kier alpha value is -3.48. The number of amides is 1. The van der Waals surface area contributed by atoms with E-state index in [0.717, 1.165) is 17.7 Å². The smallest absolute Gasteiger partial charge is 0.338 e. The zero-order valence-corrected chi connectivity index (χ0v) is 14.5. The second-order valence-electron chi connectivity index (χ2n) is 6.15. The number of carbonyl (C=O) groups is 2. The Labute approximate surface area is 155 Å². The molecule has 0 unspecified atom stereocenters. The number of aromatic nitrogens is 2. The van der Waals surface area contributed by atoms with E-state index in [0.29, 0.717) is 24.4 Å². The first-order valence-electron chi connectivity index (χ1n) is 8.66. The normalized spacial score (nSPS) is 13.8. The van der Waals surface area contributed by atoms with E-state index >= 15 is 0 Å². The zero-order valence-electron chi connectivity index (χ0n) is 14.5. The van der Waals surface area contributed by atoms with Crippen LogP contribution in [0.1, 0.15) is 29.1 Å². The molecule has 7 heteroatoms. The molecule has 0 spiro atoms. The molecule has 0 atom stereocenters. The van der Waals surface area contributed by atoms with Gasteiger partial charge in [-0.05, 0) is 30.7 Å². The summed E-state index contributed by atoms with van der Waals surface area (Å²) in [5.74, 6) is 0.285. The van der Waals surface area contributed by atoms with E-state index in [1.807, 2.05) is 30.3 Å². The lowest BCUT2D eigenvalue weighted by Gasteiger charge is -2.15. The molecule has 0 radical (unpaired) electrons. The molecule has 1 amide bonds. The van der Waals surface area contributed by atoms with Crippen molar-refractivity contribution in [3.63, 3.8) is 0 Å². The van der Waals surface area contributed by atoms with Crippen LogP contribution >= 0.6 is 0 Å². The summed E-state index contributed by atoms with van der Waals surface area (Å²) < 4.78 is 10.4. The Morgan fingerprint density at radius 3 is 2.59 bits per heavy atom. The molecule has 1 fully saturated rings. The third-order valence-corrected chi connectivity index (χ3v) is 4.31. The molecule has 2 aromatic carbocycles. The van der Waals surface area contributed by atoms with E-state index in [2.05, 4.69) is 10.1 Å². The lowest BCUT2D eigenvalue weighted by atomic mass is 10.2. The summed E-state index contributed by atoms with van der Waals surface area (Å²) in [6.45, 7) is 0.606. The number of hydrogen-bond donors (Lipinski definition) is 0. The first-order valence-corrected chi connectivity index (χ1v) is 8.66. The van der Waals surface area contributed by atoms with Gasteiger partial charge >= 0.3 is 5.97 Å². The summed E-state index contributed by atoms with van der Waals surface area (Å²) in [5.41, 5.74) is 2.01. The molecule has 0 bridgehead atoms. The van der Waals surface area contributed by atoms with Crippen LogP contribution in [0.2, 0.25) is 0 Å². The number of hydrogen-bond acceptors (Lipinski definition) is 6. The molecule has 1 aliphatic heterocycles. The molecule has 4 rings (SSSR count). The van der Waals surface area contributed by atoms with Gasteiger partial charge in [0.1, 0.15) is 0 Å². The van der Waals surface area contributed by atoms with E-state index in [1.54, 1.807) is 29.2 Å². The summed E-state index contributed by atoms with van der Waals surface area (Å²) in [6.07, 6.45) is 1.43. The average Bonchev–Trinajstić information content (AvgIpc) is 3.36. The van der Waals surface area contributed by atoms with E-state index in [-0.39, 0.29) is 18.4 Å². The predicted molar refractivity (Wildman–Crippen MR) is 96.9 cm³/mol. The van der Waals surface area contributed by atoms with E-state index in [9.17, 15) is 9.59 Å². The van der Waals surface area contributed by atoms with Crippen molar-refractivity contribution in [3.8, 4) is 11.4 Å². The fourth-order valence-electron chi connectivity index (χ4n) is 2.93. The molecule has 0 aliphatic carbocycles. The quantitative estimate of drug-likeness (QED) is 0.647. The van der Waals surface area contributed by atoms with Crippen molar-refractivity contribution >= 4 is 17.6 Å². The highest BCUT2D eigenvalue weighted by Gasteiger charge is 2.22. The zero-order chi connectivity index (χ0) is 18.6. The van der Waals surface area contributed by atoms with Gasteiger partial charge in [0.2, 0.25) is 11.7 Å². The van der Waals surface area contributed by atoms with Crippen molar-refractivity contribution in [2.75, 3.05) is 11.4 Å². The monoisotopic (exact) mass is 363 g/mol. The third-order valence-electron chi connectivity index (χ3n) is 4.31. The van der Waals surface area contributed by atoms with E-state index < -0.39 is 5.97 Å². The maximum atomic E-state index is 12.2. The maximum absolute atomic E-state index is 12.2. The minimum atomic E-state index is -0.492. The van der Waals surface area contributed by atoms with Crippen molar-refractivity contribution in [2.45, 2.75) is 19.4 Å². The molecule has 3 aromatic rings. The standard InChI is InChI=1S/C20H17N3O4/c24-18-7-4-12-23(18)16-10-8-15(9-11-16)20(25)26-13-17-21-19(22-27-17)14-5-2-1-3-6-14/h1-3,5-6,8-11H,4,7,12-13H2. The van der Waals surface area contributed by atoms with Crippen molar-refractivity contribution in [2.24, 2.45) is 0 Å². The highest BCUT2D eigenvalue weighted by molar-refractivity contribution is 5.96. The topological polar surface area (TPSA) is 85.5 Å². The van der Waals surface area contributed by atoms with Gasteiger partial charge in [-0.15, -0.1) is 0 Å². The van der Waals surface area contributed by atoms with Crippen molar-refractivity contribution in [1.82, 2.24) is 10.1 Å². The van der Waals surface area contributed by atoms with E-state index in [4.69, 9.17) is 9.26 Å². The SMILES string of the molecule is O=C(OCc1nc(-c2ccccc2)no1)c1ccc(N2CCCC2=O)cc1. The van der Waals surface area contributed by atoms with Crippen LogP contribution in [0.15, 0.2) is 59.1 Å².